The van der Waals surface area contributed by atoms with E-state index >= 15 is 0 Å². The predicted octanol–water partition coefficient (Wildman–Crippen LogP) is 2.20. The normalized spacial score (nSPS) is 11.3. The molecule has 0 aliphatic heterocycles. The molecule has 0 saturated heterocycles. The Hall–Kier alpha value is -3.55. The summed E-state index contributed by atoms with van der Waals surface area (Å²) >= 11 is 0. The number of carboxylic acids is 1. The summed E-state index contributed by atoms with van der Waals surface area (Å²) in [5, 5.41) is 11.8. The van der Waals surface area contributed by atoms with Gasteiger partial charge in [-0.1, -0.05) is 54.6 Å². The van der Waals surface area contributed by atoms with Crippen molar-refractivity contribution in [3.05, 3.63) is 71.3 Å². The van der Waals surface area contributed by atoms with Gasteiger partial charge in [0.25, 0.3) is 0 Å². The first-order chi connectivity index (χ1) is 14.4. The van der Waals surface area contributed by atoms with Gasteiger partial charge in [0, 0.05) is 13.0 Å². The van der Waals surface area contributed by atoms with Gasteiger partial charge in [-0.05, 0) is 36.0 Å². The first kappa shape index (κ1) is 22.7. The van der Waals surface area contributed by atoms with Gasteiger partial charge in [0.15, 0.2) is 5.96 Å². The highest BCUT2D eigenvalue weighted by molar-refractivity contribution is 5.80. The standard InChI is InChI=1S/C22H28N4O4/c23-21(24)25-13-5-4-6-16-9-11-17(12-10-16)14-19(20(27)28)26-22(29)30-15-18-7-2-1-3-8-18/h1-3,7-12,19H,4-6,13-15H2,(H,26,29)(H,27,28)(H4,23,24,25)/t19-/m0/s1. The molecule has 0 aliphatic rings. The van der Waals surface area contributed by atoms with Gasteiger partial charge in [0.1, 0.15) is 12.6 Å². The van der Waals surface area contributed by atoms with Crippen LogP contribution in [-0.2, 0) is 29.0 Å². The number of alkyl carbamates (subject to hydrolysis) is 1. The van der Waals surface area contributed by atoms with Crippen molar-refractivity contribution in [2.45, 2.75) is 38.3 Å². The van der Waals surface area contributed by atoms with E-state index in [1.807, 2.05) is 54.6 Å². The predicted molar refractivity (Wildman–Crippen MR) is 115 cm³/mol. The van der Waals surface area contributed by atoms with Gasteiger partial charge >= 0.3 is 12.1 Å². The lowest BCUT2D eigenvalue weighted by Gasteiger charge is -2.15. The Kier molecular flexibility index (Phi) is 9.18. The van der Waals surface area contributed by atoms with Crippen LogP contribution in [0.3, 0.4) is 0 Å². The molecule has 0 saturated carbocycles. The Morgan fingerprint density at radius 1 is 0.967 bits per heavy atom. The number of aliphatic imine (C=N–C) groups is 1. The van der Waals surface area contributed by atoms with Crippen LogP contribution in [0.15, 0.2) is 59.6 Å². The maximum absolute atomic E-state index is 12.0. The molecule has 0 radical (unpaired) electrons. The van der Waals surface area contributed by atoms with Crippen molar-refractivity contribution in [3.8, 4) is 0 Å². The number of hydrogen-bond acceptors (Lipinski definition) is 4. The first-order valence-electron chi connectivity index (χ1n) is 9.77. The van der Waals surface area contributed by atoms with Crippen molar-refractivity contribution < 1.29 is 19.4 Å². The SMILES string of the molecule is NC(N)=NCCCCc1ccc(C[C@H](NC(=O)OCc2ccccc2)C(=O)O)cc1. The summed E-state index contributed by atoms with van der Waals surface area (Å²) in [7, 11) is 0. The lowest BCUT2D eigenvalue weighted by molar-refractivity contribution is -0.139. The van der Waals surface area contributed by atoms with Gasteiger partial charge in [0.2, 0.25) is 0 Å². The molecule has 30 heavy (non-hydrogen) atoms. The number of nitrogens with zero attached hydrogens (tertiary/aromatic N) is 1. The molecule has 1 atom stereocenters. The number of rotatable bonds is 11. The Balaban J connectivity index is 1.80. The zero-order chi connectivity index (χ0) is 21.8. The third-order valence-electron chi connectivity index (χ3n) is 4.43. The van der Waals surface area contributed by atoms with Crippen molar-refractivity contribution in [2.75, 3.05) is 6.54 Å². The monoisotopic (exact) mass is 412 g/mol. The summed E-state index contributed by atoms with van der Waals surface area (Å²) in [6, 6.07) is 15.8. The van der Waals surface area contributed by atoms with Gasteiger partial charge in [-0.15, -0.1) is 0 Å². The maximum Gasteiger partial charge on any atom is 0.408 e. The third kappa shape index (κ3) is 8.64. The Labute approximate surface area is 175 Å². The van der Waals surface area contributed by atoms with E-state index in [0.29, 0.717) is 6.54 Å². The number of carboxylic acid groups (broad SMARTS) is 1. The number of benzene rings is 2. The van der Waals surface area contributed by atoms with E-state index in [4.69, 9.17) is 16.2 Å². The number of guanidine groups is 1. The van der Waals surface area contributed by atoms with Crippen LogP contribution in [0.5, 0.6) is 0 Å². The largest absolute Gasteiger partial charge is 0.480 e. The summed E-state index contributed by atoms with van der Waals surface area (Å²) in [4.78, 5) is 27.4. The summed E-state index contributed by atoms with van der Waals surface area (Å²) < 4.78 is 5.11. The van der Waals surface area contributed by atoms with Gasteiger partial charge < -0.3 is 26.6 Å². The minimum Gasteiger partial charge on any atom is -0.480 e. The molecule has 8 heteroatoms. The van der Waals surface area contributed by atoms with E-state index in [0.717, 1.165) is 36.0 Å². The van der Waals surface area contributed by atoms with Crippen LogP contribution in [0.2, 0.25) is 0 Å². The second-order valence-corrected chi connectivity index (χ2v) is 6.88. The zero-order valence-corrected chi connectivity index (χ0v) is 16.8. The van der Waals surface area contributed by atoms with Gasteiger partial charge in [-0.25, -0.2) is 9.59 Å². The smallest absolute Gasteiger partial charge is 0.408 e. The molecule has 0 aliphatic carbocycles. The molecule has 0 heterocycles. The van der Waals surface area contributed by atoms with E-state index in [-0.39, 0.29) is 19.0 Å². The number of aliphatic carboxylic acids is 1. The number of hydrogen-bond donors (Lipinski definition) is 4. The number of aryl methyl sites for hydroxylation is 1. The molecule has 2 aromatic rings. The fourth-order valence-corrected chi connectivity index (χ4v) is 2.83. The molecule has 0 aromatic heterocycles. The van der Waals surface area contributed by atoms with Gasteiger partial charge in [0.05, 0.1) is 0 Å². The second kappa shape index (κ2) is 12.1. The van der Waals surface area contributed by atoms with E-state index in [1.54, 1.807) is 0 Å². The molecule has 8 nitrogen and oxygen atoms in total. The molecule has 1 amide bonds. The lowest BCUT2D eigenvalue weighted by atomic mass is 10.0. The van der Waals surface area contributed by atoms with Crippen molar-refractivity contribution >= 4 is 18.0 Å². The average molecular weight is 412 g/mol. The molecular formula is C22H28N4O4. The minimum absolute atomic E-state index is 0.0803. The van der Waals surface area contributed by atoms with Crippen molar-refractivity contribution in [2.24, 2.45) is 16.5 Å². The van der Waals surface area contributed by atoms with E-state index < -0.39 is 18.1 Å². The Morgan fingerprint density at radius 3 is 2.27 bits per heavy atom. The highest BCUT2D eigenvalue weighted by atomic mass is 16.5. The highest BCUT2D eigenvalue weighted by Crippen LogP contribution is 2.11. The second-order valence-electron chi connectivity index (χ2n) is 6.88. The quantitative estimate of drug-likeness (QED) is 0.253. The number of carbonyl (C=O) groups is 2. The van der Waals surface area contributed by atoms with Crippen LogP contribution in [0.1, 0.15) is 29.5 Å². The van der Waals surface area contributed by atoms with Crippen LogP contribution >= 0.6 is 0 Å². The Bertz CT molecular complexity index is 834. The molecule has 160 valence electrons. The zero-order valence-electron chi connectivity index (χ0n) is 16.8. The van der Waals surface area contributed by atoms with Crippen molar-refractivity contribution in [1.29, 1.82) is 0 Å². The topological polar surface area (TPSA) is 140 Å². The number of carbonyl (C=O) groups excluding carboxylic acids is 1. The number of amides is 1. The fraction of sp³-hybridized carbons (Fsp3) is 0.318. The molecule has 2 aromatic carbocycles. The van der Waals surface area contributed by atoms with Crippen molar-refractivity contribution in [3.63, 3.8) is 0 Å². The molecule has 0 spiro atoms. The van der Waals surface area contributed by atoms with Crippen molar-refractivity contribution in [1.82, 2.24) is 5.32 Å². The first-order valence-corrected chi connectivity index (χ1v) is 9.77. The van der Waals surface area contributed by atoms with E-state index in [9.17, 15) is 14.7 Å². The molecular weight excluding hydrogens is 384 g/mol. The summed E-state index contributed by atoms with van der Waals surface area (Å²) in [5.74, 6) is -1.01. The summed E-state index contributed by atoms with van der Waals surface area (Å²) in [6.07, 6.45) is 2.12. The van der Waals surface area contributed by atoms with E-state index in [1.165, 1.54) is 0 Å². The minimum atomic E-state index is -1.12. The third-order valence-corrected chi connectivity index (χ3v) is 4.43. The van der Waals surface area contributed by atoms with Crippen LogP contribution < -0.4 is 16.8 Å². The van der Waals surface area contributed by atoms with Gasteiger partial charge in [-0.2, -0.15) is 0 Å². The summed E-state index contributed by atoms with van der Waals surface area (Å²) in [6.45, 7) is 0.684. The van der Waals surface area contributed by atoms with Crippen LogP contribution in [-0.4, -0.2) is 35.7 Å². The number of nitrogens with one attached hydrogen (secondary N) is 1. The number of ether oxygens (including phenoxy) is 1. The summed E-state index contributed by atoms with van der Waals surface area (Å²) in [5.41, 5.74) is 13.4. The van der Waals surface area contributed by atoms with Crippen LogP contribution in [0.25, 0.3) is 0 Å². The van der Waals surface area contributed by atoms with E-state index in [2.05, 4.69) is 10.3 Å². The number of unbranched alkanes of at least 4 members (excludes halogenated alkanes) is 1. The average Bonchev–Trinajstić information content (AvgIpc) is 2.73. The molecule has 0 fully saturated rings. The van der Waals surface area contributed by atoms with Crippen LogP contribution in [0.4, 0.5) is 4.79 Å². The molecule has 2 rings (SSSR count). The van der Waals surface area contributed by atoms with Gasteiger partial charge in [-0.3, -0.25) is 4.99 Å². The maximum atomic E-state index is 12.0. The lowest BCUT2D eigenvalue weighted by Crippen LogP contribution is -2.42. The molecule has 0 bridgehead atoms. The Morgan fingerprint density at radius 2 is 1.63 bits per heavy atom. The highest BCUT2D eigenvalue weighted by Gasteiger charge is 2.21. The molecule has 6 N–H and O–H groups in total. The van der Waals surface area contributed by atoms with Crippen LogP contribution in [0, 0.1) is 0 Å². The molecule has 0 unspecified atom stereocenters. The number of nitrogens with two attached hydrogens (primary N) is 2. The fourth-order valence-electron chi connectivity index (χ4n) is 2.83.